The van der Waals surface area contributed by atoms with Gasteiger partial charge in [-0.2, -0.15) is 0 Å². The molecule has 1 aliphatic heterocycles. The number of piperidine rings is 1. The number of rotatable bonds is 3. The Morgan fingerprint density at radius 1 is 1.42 bits per heavy atom. The minimum atomic E-state index is 0.937. The third kappa shape index (κ3) is 3.28. The molecule has 0 N–H and O–H groups in total. The van der Waals surface area contributed by atoms with Crippen LogP contribution in [-0.4, -0.2) is 24.5 Å². The van der Waals surface area contributed by atoms with Crippen molar-refractivity contribution in [1.29, 1.82) is 0 Å². The van der Waals surface area contributed by atoms with Crippen LogP contribution in [0.3, 0.4) is 0 Å². The van der Waals surface area contributed by atoms with E-state index in [0.29, 0.717) is 0 Å². The van der Waals surface area contributed by atoms with E-state index in [0.717, 1.165) is 12.3 Å². The third-order valence-electron chi connectivity index (χ3n) is 2.67. The Morgan fingerprint density at radius 2 is 2.08 bits per heavy atom. The van der Waals surface area contributed by atoms with Gasteiger partial charge >= 0.3 is 0 Å². The number of terminal acetylenes is 1. The van der Waals surface area contributed by atoms with Gasteiger partial charge in [0.1, 0.15) is 0 Å². The van der Waals surface area contributed by atoms with Crippen molar-refractivity contribution in [1.82, 2.24) is 4.90 Å². The summed E-state index contributed by atoms with van der Waals surface area (Å²) in [6, 6.07) is 0. The molecule has 68 valence electrons. The van der Waals surface area contributed by atoms with Gasteiger partial charge in [0.25, 0.3) is 0 Å². The molecule has 0 amide bonds. The van der Waals surface area contributed by atoms with Crippen molar-refractivity contribution in [2.24, 2.45) is 5.92 Å². The summed E-state index contributed by atoms with van der Waals surface area (Å²) in [4.78, 5) is 2.54. The van der Waals surface area contributed by atoms with Crippen molar-refractivity contribution in [2.75, 3.05) is 19.6 Å². The van der Waals surface area contributed by atoms with Crippen molar-refractivity contribution in [2.45, 2.75) is 32.6 Å². The molecule has 0 spiro atoms. The topological polar surface area (TPSA) is 3.24 Å². The fourth-order valence-electron chi connectivity index (χ4n) is 1.69. The van der Waals surface area contributed by atoms with Gasteiger partial charge in [-0.15, -0.1) is 12.3 Å². The lowest BCUT2D eigenvalue weighted by molar-refractivity contribution is 0.191. The highest BCUT2D eigenvalue weighted by atomic mass is 15.1. The molecule has 0 saturated carbocycles. The second kappa shape index (κ2) is 5.22. The number of hydrogen-bond acceptors (Lipinski definition) is 1. The van der Waals surface area contributed by atoms with Crippen molar-refractivity contribution in [3.8, 4) is 12.3 Å². The zero-order chi connectivity index (χ0) is 8.81. The van der Waals surface area contributed by atoms with E-state index in [1.807, 2.05) is 0 Å². The minimum Gasteiger partial charge on any atom is -0.303 e. The third-order valence-corrected chi connectivity index (χ3v) is 2.67. The number of nitrogens with zero attached hydrogens (tertiary/aromatic N) is 1. The van der Waals surface area contributed by atoms with E-state index in [1.54, 1.807) is 0 Å². The predicted octanol–water partition coefficient (Wildman–Crippen LogP) is 2.13. The van der Waals surface area contributed by atoms with E-state index >= 15 is 0 Å². The molecule has 1 fully saturated rings. The Kier molecular flexibility index (Phi) is 4.18. The first kappa shape index (κ1) is 9.61. The zero-order valence-electron chi connectivity index (χ0n) is 8.05. The quantitative estimate of drug-likeness (QED) is 0.457. The fourth-order valence-corrected chi connectivity index (χ4v) is 1.69. The summed E-state index contributed by atoms with van der Waals surface area (Å²) in [7, 11) is 0. The molecule has 1 heteroatoms. The van der Waals surface area contributed by atoms with Gasteiger partial charge in [0.2, 0.25) is 0 Å². The lowest BCUT2D eigenvalue weighted by Gasteiger charge is -2.29. The number of unbranched alkanes of at least 4 members (excludes halogenated alkanes) is 1. The summed E-state index contributed by atoms with van der Waals surface area (Å²) in [5, 5.41) is 0. The smallest absolute Gasteiger partial charge is 0.00982 e. The molecule has 0 aromatic carbocycles. The van der Waals surface area contributed by atoms with Gasteiger partial charge in [-0.05, 0) is 44.8 Å². The normalized spacial score (nSPS) is 20.7. The average Bonchev–Trinajstić information content (AvgIpc) is 2.09. The van der Waals surface area contributed by atoms with E-state index in [2.05, 4.69) is 17.7 Å². The highest BCUT2D eigenvalue weighted by Gasteiger charge is 2.14. The van der Waals surface area contributed by atoms with Gasteiger partial charge in [0.15, 0.2) is 0 Å². The molecular formula is C11H19N. The summed E-state index contributed by atoms with van der Waals surface area (Å²) in [5.74, 6) is 3.63. The van der Waals surface area contributed by atoms with E-state index in [-0.39, 0.29) is 0 Å². The Labute approximate surface area is 76.1 Å². The molecular weight excluding hydrogens is 146 g/mol. The standard InChI is InChI=1S/C11H19N/c1-3-4-5-8-12-9-6-11(2)7-10-12/h1,11H,4-10H2,2H3. The summed E-state index contributed by atoms with van der Waals surface area (Å²) in [6.45, 7) is 6.12. The Hall–Kier alpha value is -0.480. The molecule has 12 heavy (non-hydrogen) atoms. The lowest BCUT2D eigenvalue weighted by atomic mass is 9.99. The number of hydrogen-bond donors (Lipinski definition) is 0. The SMILES string of the molecule is C#CCCCN1CCC(C)CC1. The predicted molar refractivity (Wildman–Crippen MR) is 52.9 cm³/mol. The van der Waals surface area contributed by atoms with Gasteiger partial charge in [-0.25, -0.2) is 0 Å². The van der Waals surface area contributed by atoms with Crippen molar-refractivity contribution < 1.29 is 0 Å². The van der Waals surface area contributed by atoms with Gasteiger partial charge in [-0.1, -0.05) is 6.92 Å². The second-order valence-corrected chi connectivity index (χ2v) is 3.83. The van der Waals surface area contributed by atoms with E-state index in [9.17, 15) is 0 Å². The first-order chi connectivity index (χ1) is 5.83. The maximum absolute atomic E-state index is 5.20. The van der Waals surface area contributed by atoms with Crippen LogP contribution in [0.2, 0.25) is 0 Å². The molecule has 0 aromatic rings. The largest absolute Gasteiger partial charge is 0.303 e. The maximum Gasteiger partial charge on any atom is 0.00982 e. The van der Waals surface area contributed by atoms with Crippen LogP contribution in [0.1, 0.15) is 32.6 Å². The highest BCUT2D eigenvalue weighted by molar-refractivity contribution is 4.83. The Balaban J connectivity index is 2.06. The van der Waals surface area contributed by atoms with Crippen molar-refractivity contribution in [3.63, 3.8) is 0 Å². The molecule has 0 atom stereocenters. The molecule has 1 heterocycles. The Bertz CT molecular complexity index is 149. The molecule has 1 saturated heterocycles. The van der Waals surface area contributed by atoms with Crippen molar-refractivity contribution in [3.05, 3.63) is 0 Å². The summed E-state index contributed by atoms with van der Waals surface area (Å²) in [5.41, 5.74) is 0. The van der Waals surface area contributed by atoms with Crippen molar-refractivity contribution >= 4 is 0 Å². The fraction of sp³-hybridized carbons (Fsp3) is 0.818. The number of likely N-dealkylation sites (tertiary alicyclic amines) is 1. The van der Waals surface area contributed by atoms with E-state index < -0.39 is 0 Å². The van der Waals surface area contributed by atoms with E-state index in [1.165, 1.54) is 38.9 Å². The van der Waals surface area contributed by atoms with Crippen LogP contribution in [0.4, 0.5) is 0 Å². The van der Waals surface area contributed by atoms with Gasteiger partial charge < -0.3 is 4.90 Å². The lowest BCUT2D eigenvalue weighted by Crippen LogP contribution is -2.33. The average molecular weight is 165 g/mol. The van der Waals surface area contributed by atoms with Gasteiger partial charge in [-0.3, -0.25) is 0 Å². The zero-order valence-corrected chi connectivity index (χ0v) is 8.05. The highest BCUT2D eigenvalue weighted by Crippen LogP contribution is 2.15. The first-order valence-electron chi connectivity index (χ1n) is 4.98. The van der Waals surface area contributed by atoms with Crippen LogP contribution in [0.15, 0.2) is 0 Å². The Morgan fingerprint density at radius 3 is 2.67 bits per heavy atom. The van der Waals surface area contributed by atoms with E-state index in [4.69, 9.17) is 6.42 Å². The van der Waals surface area contributed by atoms with Crippen LogP contribution >= 0.6 is 0 Å². The summed E-state index contributed by atoms with van der Waals surface area (Å²) in [6.07, 6.45) is 10.0. The molecule has 1 aliphatic rings. The van der Waals surface area contributed by atoms with Crippen LogP contribution in [0.25, 0.3) is 0 Å². The minimum absolute atomic E-state index is 0.937. The monoisotopic (exact) mass is 165 g/mol. The molecule has 0 aliphatic carbocycles. The molecule has 0 radical (unpaired) electrons. The molecule has 0 unspecified atom stereocenters. The molecule has 1 nitrogen and oxygen atoms in total. The molecule has 0 aromatic heterocycles. The van der Waals surface area contributed by atoms with Crippen LogP contribution in [-0.2, 0) is 0 Å². The van der Waals surface area contributed by atoms with Gasteiger partial charge in [0, 0.05) is 6.42 Å². The first-order valence-corrected chi connectivity index (χ1v) is 4.98. The molecule has 0 bridgehead atoms. The van der Waals surface area contributed by atoms with Crippen LogP contribution < -0.4 is 0 Å². The summed E-state index contributed by atoms with van der Waals surface area (Å²) >= 11 is 0. The second-order valence-electron chi connectivity index (χ2n) is 3.83. The maximum atomic E-state index is 5.20. The van der Waals surface area contributed by atoms with Crippen LogP contribution in [0.5, 0.6) is 0 Å². The molecule has 1 rings (SSSR count). The van der Waals surface area contributed by atoms with Crippen LogP contribution in [0, 0.1) is 18.3 Å². The summed E-state index contributed by atoms with van der Waals surface area (Å²) < 4.78 is 0. The van der Waals surface area contributed by atoms with Gasteiger partial charge in [0.05, 0.1) is 0 Å².